The molecule has 0 aromatic heterocycles. The molecule has 0 spiro atoms. The van der Waals surface area contributed by atoms with Crippen LogP contribution in [0.2, 0.25) is 0 Å². The first kappa shape index (κ1) is 14.9. The summed E-state index contributed by atoms with van der Waals surface area (Å²) in [6.45, 7) is 8.34. The number of nitrogens with one attached hydrogen (secondary N) is 1. The van der Waals surface area contributed by atoms with E-state index in [4.69, 9.17) is 0 Å². The predicted molar refractivity (Wildman–Crippen MR) is 80.7 cm³/mol. The summed E-state index contributed by atoms with van der Waals surface area (Å²) in [7, 11) is 0. The zero-order valence-corrected chi connectivity index (χ0v) is 13.2. The van der Waals surface area contributed by atoms with E-state index >= 15 is 0 Å². The van der Waals surface area contributed by atoms with E-state index in [0.29, 0.717) is 5.92 Å². The largest absolute Gasteiger partial charge is 0.314 e. The molecular weight excluding hydrogens is 307 g/mol. The second kappa shape index (κ2) is 6.82. The second-order valence-corrected chi connectivity index (χ2v) is 6.42. The molecule has 1 aromatic carbocycles. The van der Waals surface area contributed by atoms with Gasteiger partial charge in [0.05, 0.1) is 0 Å². The first-order chi connectivity index (χ1) is 9.09. The lowest BCUT2D eigenvalue weighted by atomic mass is 9.94. The van der Waals surface area contributed by atoms with Gasteiger partial charge in [-0.15, -0.1) is 0 Å². The lowest BCUT2D eigenvalue weighted by Crippen LogP contribution is -2.45. The molecule has 4 heteroatoms. The Labute approximate surface area is 123 Å². The maximum atomic E-state index is 14.2. The summed E-state index contributed by atoms with van der Waals surface area (Å²) < 4.78 is 15.1. The van der Waals surface area contributed by atoms with Gasteiger partial charge in [-0.3, -0.25) is 4.90 Å². The van der Waals surface area contributed by atoms with Crippen LogP contribution in [0.1, 0.15) is 31.9 Å². The molecular formula is C15H22BrFN2. The highest BCUT2D eigenvalue weighted by Crippen LogP contribution is 2.34. The Morgan fingerprint density at radius 3 is 2.58 bits per heavy atom. The summed E-state index contributed by atoms with van der Waals surface area (Å²) >= 11 is 3.52. The molecule has 0 radical (unpaired) electrons. The molecule has 1 heterocycles. The molecule has 1 aliphatic heterocycles. The van der Waals surface area contributed by atoms with Crippen molar-refractivity contribution in [3.63, 3.8) is 0 Å². The minimum absolute atomic E-state index is 0.0986. The maximum absolute atomic E-state index is 14.2. The number of hydrogen-bond donors (Lipinski definition) is 1. The van der Waals surface area contributed by atoms with Crippen molar-refractivity contribution >= 4 is 15.9 Å². The third-order valence-electron chi connectivity index (χ3n) is 3.62. The normalized spacial score (nSPS) is 18.8. The van der Waals surface area contributed by atoms with E-state index in [2.05, 4.69) is 40.0 Å². The van der Waals surface area contributed by atoms with Gasteiger partial charge in [-0.05, 0) is 24.5 Å². The van der Waals surface area contributed by atoms with E-state index in [0.717, 1.165) is 42.6 Å². The van der Waals surface area contributed by atoms with Crippen molar-refractivity contribution in [1.29, 1.82) is 0 Å². The smallest absolute Gasteiger partial charge is 0.129 e. The number of hydrogen-bond acceptors (Lipinski definition) is 2. The first-order valence-corrected chi connectivity index (χ1v) is 7.77. The zero-order chi connectivity index (χ0) is 13.8. The number of piperazine rings is 1. The minimum atomic E-state index is -0.0986. The Morgan fingerprint density at radius 1 is 1.32 bits per heavy atom. The topological polar surface area (TPSA) is 15.3 Å². The van der Waals surface area contributed by atoms with Crippen LogP contribution in [0.25, 0.3) is 0 Å². The minimum Gasteiger partial charge on any atom is -0.314 e. The average Bonchev–Trinajstić information content (AvgIpc) is 2.38. The van der Waals surface area contributed by atoms with Crippen LogP contribution in [-0.4, -0.2) is 31.1 Å². The van der Waals surface area contributed by atoms with E-state index in [1.807, 2.05) is 6.07 Å². The molecule has 2 rings (SSSR count). The molecule has 1 N–H and O–H groups in total. The zero-order valence-electron chi connectivity index (χ0n) is 11.6. The molecule has 0 bridgehead atoms. The van der Waals surface area contributed by atoms with Crippen molar-refractivity contribution in [2.75, 3.05) is 26.2 Å². The molecule has 0 amide bonds. The van der Waals surface area contributed by atoms with Crippen LogP contribution in [0.5, 0.6) is 0 Å². The molecule has 2 nitrogen and oxygen atoms in total. The van der Waals surface area contributed by atoms with E-state index in [9.17, 15) is 4.39 Å². The van der Waals surface area contributed by atoms with Crippen LogP contribution in [0.15, 0.2) is 22.7 Å². The summed E-state index contributed by atoms with van der Waals surface area (Å²) in [6.07, 6.45) is 0.986. The van der Waals surface area contributed by atoms with Crippen LogP contribution in [0.4, 0.5) is 4.39 Å². The number of nitrogens with zero attached hydrogens (tertiary/aromatic N) is 1. The lowest BCUT2D eigenvalue weighted by molar-refractivity contribution is 0.150. The average molecular weight is 329 g/mol. The van der Waals surface area contributed by atoms with Crippen LogP contribution in [-0.2, 0) is 0 Å². The molecule has 19 heavy (non-hydrogen) atoms. The third kappa shape index (κ3) is 3.77. The molecule has 1 atom stereocenters. The van der Waals surface area contributed by atoms with E-state index in [1.54, 1.807) is 12.1 Å². The summed E-state index contributed by atoms with van der Waals surface area (Å²) in [5.74, 6) is 0.449. The fourth-order valence-corrected chi connectivity index (χ4v) is 3.33. The molecule has 1 aliphatic rings. The van der Waals surface area contributed by atoms with Crippen LogP contribution in [0, 0.1) is 11.7 Å². The van der Waals surface area contributed by atoms with Gasteiger partial charge in [0.2, 0.25) is 0 Å². The number of halogens is 2. The fourth-order valence-electron chi connectivity index (χ4n) is 2.72. The van der Waals surface area contributed by atoms with Crippen molar-refractivity contribution < 1.29 is 4.39 Å². The fraction of sp³-hybridized carbons (Fsp3) is 0.600. The summed E-state index contributed by atoms with van der Waals surface area (Å²) in [6, 6.07) is 5.43. The third-order valence-corrected chi connectivity index (χ3v) is 4.31. The van der Waals surface area contributed by atoms with Gasteiger partial charge in [-0.1, -0.05) is 35.8 Å². The van der Waals surface area contributed by atoms with Crippen LogP contribution < -0.4 is 5.32 Å². The van der Waals surface area contributed by atoms with Crippen molar-refractivity contribution in [2.24, 2.45) is 5.92 Å². The molecule has 1 aromatic rings. The van der Waals surface area contributed by atoms with Gasteiger partial charge in [0, 0.05) is 42.3 Å². The van der Waals surface area contributed by atoms with Gasteiger partial charge < -0.3 is 5.32 Å². The van der Waals surface area contributed by atoms with Crippen molar-refractivity contribution in [3.8, 4) is 0 Å². The highest BCUT2D eigenvalue weighted by Gasteiger charge is 2.26. The van der Waals surface area contributed by atoms with Crippen LogP contribution >= 0.6 is 15.9 Å². The van der Waals surface area contributed by atoms with Crippen molar-refractivity contribution in [3.05, 3.63) is 34.1 Å². The monoisotopic (exact) mass is 328 g/mol. The van der Waals surface area contributed by atoms with Gasteiger partial charge >= 0.3 is 0 Å². The Kier molecular flexibility index (Phi) is 5.37. The van der Waals surface area contributed by atoms with E-state index in [1.165, 1.54) is 0 Å². The molecule has 1 saturated heterocycles. The molecule has 106 valence electrons. The predicted octanol–water partition coefficient (Wildman–Crippen LogP) is 3.58. The molecule has 0 saturated carbocycles. The SMILES string of the molecule is CC(C)C[C@@H](c1c(F)cccc1Br)N1CCNCC1. The van der Waals surface area contributed by atoms with E-state index < -0.39 is 0 Å². The Bertz CT molecular complexity index is 396. The first-order valence-electron chi connectivity index (χ1n) is 6.98. The van der Waals surface area contributed by atoms with Crippen molar-refractivity contribution in [2.45, 2.75) is 26.3 Å². The summed E-state index contributed by atoms with van der Waals surface area (Å²) in [4.78, 5) is 2.40. The van der Waals surface area contributed by atoms with E-state index in [-0.39, 0.29) is 11.9 Å². The lowest BCUT2D eigenvalue weighted by Gasteiger charge is -2.36. The second-order valence-electron chi connectivity index (χ2n) is 5.57. The Balaban J connectivity index is 2.30. The quantitative estimate of drug-likeness (QED) is 0.908. The van der Waals surface area contributed by atoms with Crippen LogP contribution in [0.3, 0.4) is 0 Å². The Morgan fingerprint density at radius 2 is 2.00 bits per heavy atom. The summed E-state index contributed by atoms with van der Waals surface area (Å²) in [5.41, 5.74) is 0.818. The van der Waals surface area contributed by atoms with Gasteiger partial charge in [-0.25, -0.2) is 4.39 Å². The van der Waals surface area contributed by atoms with Gasteiger partial charge in [-0.2, -0.15) is 0 Å². The molecule has 1 fully saturated rings. The summed E-state index contributed by atoms with van der Waals surface area (Å²) in [5, 5.41) is 3.36. The standard InChI is InChI=1S/C15H22BrFN2/c1-11(2)10-14(19-8-6-18-7-9-19)15-12(16)4-3-5-13(15)17/h3-5,11,14,18H,6-10H2,1-2H3/t14-/m0/s1. The number of benzene rings is 1. The van der Waals surface area contributed by atoms with Crippen molar-refractivity contribution in [1.82, 2.24) is 10.2 Å². The number of rotatable bonds is 4. The highest BCUT2D eigenvalue weighted by atomic mass is 79.9. The van der Waals surface area contributed by atoms with Gasteiger partial charge in [0.15, 0.2) is 0 Å². The Hall–Kier alpha value is -0.450. The van der Waals surface area contributed by atoms with Gasteiger partial charge in [0.1, 0.15) is 5.82 Å². The highest BCUT2D eigenvalue weighted by molar-refractivity contribution is 9.10. The van der Waals surface area contributed by atoms with Gasteiger partial charge in [0.25, 0.3) is 0 Å². The molecule has 0 aliphatic carbocycles. The maximum Gasteiger partial charge on any atom is 0.129 e. The molecule has 0 unspecified atom stereocenters.